The molecule has 2 aromatic rings. The summed E-state index contributed by atoms with van der Waals surface area (Å²) in [5, 5.41) is 7.23. The van der Waals surface area contributed by atoms with E-state index in [1.807, 2.05) is 57.4 Å². The molecule has 5 heteroatoms. The molecule has 0 saturated heterocycles. The number of hydrogen-bond donors (Lipinski definition) is 1. The minimum atomic E-state index is -0.0363. The van der Waals surface area contributed by atoms with E-state index < -0.39 is 0 Å². The fraction of sp³-hybridized carbons (Fsp3) is 0.353. The largest absolute Gasteiger partial charge is 0.378 e. The molecule has 0 bridgehead atoms. The van der Waals surface area contributed by atoms with E-state index in [0.717, 1.165) is 5.69 Å². The summed E-state index contributed by atoms with van der Waals surface area (Å²) in [4.78, 5) is 16.5. The van der Waals surface area contributed by atoms with Crippen molar-refractivity contribution in [1.82, 2.24) is 10.2 Å². The van der Waals surface area contributed by atoms with Crippen LogP contribution in [0.3, 0.4) is 0 Å². The van der Waals surface area contributed by atoms with Gasteiger partial charge in [-0.05, 0) is 54.7 Å². The number of nitrogens with one attached hydrogen (secondary N) is 1. The lowest BCUT2D eigenvalue weighted by molar-refractivity contribution is 0.0942. The zero-order chi connectivity index (χ0) is 16.1. The van der Waals surface area contributed by atoms with Gasteiger partial charge in [0.25, 0.3) is 5.91 Å². The number of rotatable bonds is 6. The van der Waals surface area contributed by atoms with Crippen molar-refractivity contribution in [2.45, 2.75) is 6.04 Å². The molecule has 0 aliphatic carbocycles. The number of thiophene rings is 1. The highest BCUT2D eigenvalue weighted by molar-refractivity contribution is 7.07. The fourth-order valence-corrected chi connectivity index (χ4v) is 2.99. The van der Waals surface area contributed by atoms with Crippen LogP contribution in [0, 0.1) is 0 Å². The Morgan fingerprint density at radius 2 is 2.00 bits per heavy atom. The molecule has 118 valence electrons. The van der Waals surface area contributed by atoms with Crippen LogP contribution in [0.25, 0.3) is 0 Å². The third kappa shape index (κ3) is 4.08. The highest BCUT2D eigenvalue weighted by Gasteiger charge is 2.16. The maximum Gasteiger partial charge on any atom is 0.251 e. The second-order valence-corrected chi connectivity index (χ2v) is 6.47. The van der Waals surface area contributed by atoms with Gasteiger partial charge in [-0.3, -0.25) is 4.79 Å². The van der Waals surface area contributed by atoms with Crippen molar-refractivity contribution in [3.8, 4) is 0 Å². The van der Waals surface area contributed by atoms with Crippen LogP contribution < -0.4 is 10.2 Å². The molecule has 0 spiro atoms. The van der Waals surface area contributed by atoms with Crippen molar-refractivity contribution in [1.29, 1.82) is 0 Å². The van der Waals surface area contributed by atoms with E-state index in [1.165, 1.54) is 5.56 Å². The molecule has 0 aliphatic rings. The van der Waals surface area contributed by atoms with E-state index in [1.54, 1.807) is 11.3 Å². The van der Waals surface area contributed by atoms with Gasteiger partial charge >= 0.3 is 0 Å². The molecule has 0 radical (unpaired) electrons. The Morgan fingerprint density at radius 1 is 1.23 bits per heavy atom. The van der Waals surface area contributed by atoms with Gasteiger partial charge < -0.3 is 15.1 Å². The third-order valence-corrected chi connectivity index (χ3v) is 4.33. The van der Waals surface area contributed by atoms with Crippen molar-refractivity contribution in [3.63, 3.8) is 0 Å². The first-order valence-electron chi connectivity index (χ1n) is 7.23. The molecule has 1 unspecified atom stereocenters. The van der Waals surface area contributed by atoms with Crippen molar-refractivity contribution in [3.05, 3.63) is 52.2 Å². The zero-order valence-corrected chi connectivity index (χ0v) is 14.4. The van der Waals surface area contributed by atoms with Gasteiger partial charge in [0.2, 0.25) is 0 Å². The number of anilines is 1. The van der Waals surface area contributed by atoms with Crippen LogP contribution in [0.4, 0.5) is 5.69 Å². The van der Waals surface area contributed by atoms with Gasteiger partial charge in [0.15, 0.2) is 0 Å². The average molecular weight is 317 g/mol. The molecule has 1 N–H and O–H groups in total. The first-order valence-corrected chi connectivity index (χ1v) is 8.17. The Balaban J connectivity index is 2.04. The lowest BCUT2D eigenvalue weighted by atomic mass is 10.1. The minimum Gasteiger partial charge on any atom is -0.378 e. The maximum atomic E-state index is 12.4. The normalized spacial score (nSPS) is 12.2. The van der Waals surface area contributed by atoms with Crippen LogP contribution in [0.1, 0.15) is 22.0 Å². The summed E-state index contributed by atoms with van der Waals surface area (Å²) in [6.07, 6.45) is 0. The van der Waals surface area contributed by atoms with E-state index in [4.69, 9.17) is 0 Å². The Bertz CT molecular complexity index is 608. The number of amides is 1. The molecule has 1 atom stereocenters. The van der Waals surface area contributed by atoms with Crippen molar-refractivity contribution >= 4 is 22.9 Å². The van der Waals surface area contributed by atoms with Gasteiger partial charge in [-0.15, -0.1) is 0 Å². The Morgan fingerprint density at radius 3 is 2.59 bits per heavy atom. The highest BCUT2D eigenvalue weighted by Crippen LogP contribution is 2.20. The summed E-state index contributed by atoms with van der Waals surface area (Å²) >= 11 is 1.68. The van der Waals surface area contributed by atoms with E-state index in [2.05, 4.69) is 27.0 Å². The molecule has 1 heterocycles. The fourth-order valence-electron chi connectivity index (χ4n) is 2.28. The van der Waals surface area contributed by atoms with Crippen molar-refractivity contribution in [2.75, 3.05) is 39.6 Å². The van der Waals surface area contributed by atoms with Gasteiger partial charge in [0.05, 0.1) is 6.04 Å². The van der Waals surface area contributed by atoms with Crippen LogP contribution in [-0.4, -0.2) is 45.5 Å². The monoisotopic (exact) mass is 317 g/mol. The summed E-state index contributed by atoms with van der Waals surface area (Å²) in [7, 11) is 7.99. The van der Waals surface area contributed by atoms with E-state index in [0.29, 0.717) is 12.1 Å². The Labute approximate surface area is 136 Å². The first-order chi connectivity index (χ1) is 10.5. The molecule has 22 heavy (non-hydrogen) atoms. The number of likely N-dealkylation sites (N-methyl/N-ethyl adjacent to an activating group) is 1. The molecular formula is C17H23N3OS. The molecule has 0 saturated carbocycles. The molecule has 1 amide bonds. The lowest BCUT2D eigenvalue weighted by Crippen LogP contribution is -2.34. The SMILES string of the molecule is CN(C)c1cccc(C(=O)NCC(c2ccsc2)N(C)C)c1. The molecule has 4 nitrogen and oxygen atoms in total. The second kappa shape index (κ2) is 7.42. The summed E-state index contributed by atoms with van der Waals surface area (Å²) in [6, 6.07) is 9.94. The topological polar surface area (TPSA) is 35.6 Å². The number of hydrogen-bond acceptors (Lipinski definition) is 4. The zero-order valence-electron chi connectivity index (χ0n) is 13.5. The van der Waals surface area contributed by atoms with E-state index >= 15 is 0 Å². The third-order valence-electron chi connectivity index (χ3n) is 3.63. The van der Waals surface area contributed by atoms with E-state index in [9.17, 15) is 4.79 Å². The van der Waals surface area contributed by atoms with Crippen LogP contribution in [0.5, 0.6) is 0 Å². The smallest absolute Gasteiger partial charge is 0.251 e. The highest BCUT2D eigenvalue weighted by atomic mass is 32.1. The van der Waals surface area contributed by atoms with Gasteiger partial charge in [-0.1, -0.05) is 6.07 Å². The van der Waals surface area contributed by atoms with Gasteiger partial charge in [-0.2, -0.15) is 11.3 Å². The molecule has 1 aromatic heterocycles. The van der Waals surface area contributed by atoms with Crippen LogP contribution in [-0.2, 0) is 0 Å². The Hall–Kier alpha value is -1.85. The quantitative estimate of drug-likeness (QED) is 0.890. The van der Waals surface area contributed by atoms with Crippen LogP contribution >= 0.6 is 11.3 Å². The molecule has 0 aliphatic heterocycles. The second-order valence-electron chi connectivity index (χ2n) is 5.69. The summed E-state index contributed by atoms with van der Waals surface area (Å²) in [5.74, 6) is -0.0363. The van der Waals surface area contributed by atoms with Crippen LogP contribution in [0.2, 0.25) is 0 Å². The predicted molar refractivity (Wildman–Crippen MR) is 93.8 cm³/mol. The molecule has 1 aromatic carbocycles. The van der Waals surface area contributed by atoms with Gasteiger partial charge in [0.1, 0.15) is 0 Å². The first kappa shape index (κ1) is 16.5. The number of nitrogens with zero attached hydrogens (tertiary/aromatic N) is 2. The number of carbonyl (C=O) groups is 1. The Kier molecular flexibility index (Phi) is 5.57. The van der Waals surface area contributed by atoms with E-state index in [-0.39, 0.29) is 11.9 Å². The minimum absolute atomic E-state index is 0.0363. The number of carbonyl (C=O) groups excluding carboxylic acids is 1. The molecule has 2 rings (SSSR count). The average Bonchev–Trinajstić information content (AvgIpc) is 3.01. The van der Waals surface area contributed by atoms with Crippen molar-refractivity contribution in [2.24, 2.45) is 0 Å². The van der Waals surface area contributed by atoms with Gasteiger partial charge in [0, 0.05) is 31.9 Å². The molecular weight excluding hydrogens is 294 g/mol. The standard InChI is InChI=1S/C17H23N3OS/c1-19(2)15-7-5-6-13(10-15)17(21)18-11-16(20(3)4)14-8-9-22-12-14/h5-10,12,16H,11H2,1-4H3,(H,18,21). The van der Waals surface area contributed by atoms with Gasteiger partial charge in [-0.25, -0.2) is 0 Å². The van der Waals surface area contributed by atoms with Crippen molar-refractivity contribution < 1.29 is 4.79 Å². The maximum absolute atomic E-state index is 12.4. The summed E-state index contributed by atoms with van der Waals surface area (Å²) in [5.41, 5.74) is 2.95. The predicted octanol–water partition coefficient (Wildman–Crippen LogP) is 2.85. The number of benzene rings is 1. The molecule has 0 fully saturated rings. The van der Waals surface area contributed by atoms with Crippen LogP contribution in [0.15, 0.2) is 41.1 Å². The summed E-state index contributed by atoms with van der Waals surface area (Å²) in [6.45, 7) is 0.592. The lowest BCUT2D eigenvalue weighted by Gasteiger charge is -2.24. The summed E-state index contributed by atoms with van der Waals surface area (Å²) < 4.78 is 0.